The topological polar surface area (TPSA) is 18.5 Å². The number of aryl methyl sites for hydroxylation is 1. The molecule has 0 aliphatic heterocycles. The smallest absolute Gasteiger partial charge is 0.399 e. The first-order valence-corrected chi connectivity index (χ1v) is 15.8. The molecule has 1 fully saturated rings. The summed E-state index contributed by atoms with van der Waals surface area (Å²) in [6.45, 7) is 2.09. The maximum Gasteiger partial charge on any atom is 0.573 e. The molecule has 0 N–H and O–H groups in total. The number of hydrogen-bond donors (Lipinski definition) is 0. The van der Waals surface area contributed by atoms with E-state index in [0.29, 0.717) is 23.3 Å². The van der Waals surface area contributed by atoms with Crippen molar-refractivity contribution < 1.29 is 53.4 Å². The molecule has 0 saturated heterocycles. The van der Waals surface area contributed by atoms with Gasteiger partial charge in [0.2, 0.25) is 5.75 Å². The lowest BCUT2D eigenvalue weighted by atomic mass is 9.82. The minimum absolute atomic E-state index is 0.0621. The molecule has 262 valence electrons. The van der Waals surface area contributed by atoms with E-state index in [1.54, 1.807) is 12.1 Å². The standard InChI is InChI=1S/C37H32F10O2/c1-2-3-4-5-21-6-8-23(9-7-21)25-17-30(39)34(31(40)18-25)36(43,44)48-27-13-10-22(11-14-27)24-12-15-28(29(38)16-24)26-19-32(41)35(33(42)20-26)49-37(45,46)47/h6-9,12,15-20,22,27H,2-5,10-11,13-14H2,1H3. The zero-order valence-electron chi connectivity index (χ0n) is 26.3. The Morgan fingerprint density at radius 3 is 1.78 bits per heavy atom. The van der Waals surface area contributed by atoms with Crippen molar-refractivity contribution >= 4 is 0 Å². The highest BCUT2D eigenvalue weighted by molar-refractivity contribution is 5.66. The van der Waals surface area contributed by atoms with Gasteiger partial charge in [-0.1, -0.05) is 56.2 Å². The predicted octanol–water partition coefficient (Wildman–Crippen LogP) is 12.1. The third-order valence-electron chi connectivity index (χ3n) is 8.67. The van der Waals surface area contributed by atoms with E-state index in [1.165, 1.54) is 12.1 Å². The van der Waals surface area contributed by atoms with Crippen LogP contribution < -0.4 is 4.74 Å². The number of unbranched alkanes of at least 4 members (excludes halogenated alkanes) is 2. The Morgan fingerprint density at radius 1 is 0.633 bits per heavy atom. The first-order valence-electron chi connectivity index (χ1n) is 15.8. The van der Waals surface area contributed by atoms with Gasteiger partial charge in [0.1, 0.15) is 23.0 Å². The van der Waals surface area contributed by atoms with Crippen molar-refractivity contribution in [3.63, 3.8) is 0 Å². The van der Waals surface area contributed by atoms with Crippen molar-refractivity contribution in [2.75, 3.05) is 0 Å². The summed E-state index contributed by atoms with van der Waals surface area (Å²) in [6.07, 6.45) is -6.01. The summed E-state index contributed by atoms with van der Waals surface area (Å²) in [5, 5.41) is 0. The van der Waals surface area contributed by atoms with Crippen LogP contribution in [0.25, 0.3) is 22.3 Å². The molecule has 1 aliphatic rings. The second kappa shape index (κ2) is 14.8. The Labute approximate surface area is 276 Å². The number of ether oxygens (including phenoxy) is 2. The molecular weight excluding hydrogens is 666 g/mol. The minimum Gasteiger partial charge on any atom is -0.399 e. The molecule has 1 saturated carbocycles. The minimum atomic E-state index is -5.34. The third kappa shape index (κ3) is 8.76. The zero-order valence-corrected chi connectivity index (χ0v) is 26.3. The molecule has 5 rings (SSSR count). The van der Waals surface area contributed by atoms with Crippen LogP contribution in [-0.4, -0.2) is 12.5 Å². The van der Waals surface area contributed by atoms with Crippen molar-refractivity contribution in [2.45, 2.75) is 82.8 Å². The molecule has 2 nitrogen and oxygen atoms in total. The van der Waals surface area contributed by atoms with Crippen LogP contribution >= 0.6 is 0 Å². The van der Waals surface area contributed by atoms with Gasteiger partial charge in [-0.2, -0.15) is 8.78 Å². The summed E-state index contributed by atoms with van der Waals surface area (Å²) in [4.78, 5) is 0. The van der Waals surface area contributed by atoms with Crippen molar-refractivity contribution in [1.29, 1.82) is 0 Å². The maximum atomic E-state index is 15.2. The summed E-state index contributed by atoms with van der Waals surface area (Å²) in [7, 11) is 0. The van der Waals surface area contributed by atoms with Crippen molar-refractivity contribution in [3.05, 3.63) is 113 Å². The van der Waals surface area contributed by atoms with Gasteiger partial charge in [-0.25, -0.2) is 22.0 Å². The fourth-order valence-corrected chi connectivity index (χ4v) is 6.19. The molecule has 0 spiro atoms. The molecule has 4 aromatic carbocycles. The van der Waals surface area contributed by atoms with Crippen LogP contribution in [0.1, 0.15) is 74.5 Å². The summed E-state index contributed by atoms with van der Waals surface area (Å²) in [5.41, 5.74) is -0.0433. The maximum absolute atomic E-state index is 15.2. The highest BCUT2D eigenvalue weighted by Crippen LogP contribution is 2.42. The molecule has 0 unspecified atom stereocenters. The number of halogens is 10. The summed E-state index contributed by atoms with van der Waals surface area (Å²) >= 11 is 0. The zero-order chi connectivity index (χ0) is 35.5. The fourth-order valence-electron chi connectivity index (χ4n) is 6.19. The first-order chi connectivity index (χ1) is 23.1. The van der Waals surface area contributed by atoms with Gasteiger partial charge >= 0.3 is 12.5 Å². The molecule has 0 aromatic heterocycles. The molecule has 0 atom stereocenters. The van der Waals surface area contributed by atoms with Crippen molar-refractivity contribution in [2.24, 2.45) is 0 Å². The normalized spacial score (nSPS) is 17.0. The quantitative estimate of drug-likeness (QED) is 0.115. The van der Waals surface area contributed by atoms with Crippen LogP contribution in [0.3, 0.4) is 0 Å². The van der Waals surface area contributed by atoms with E-state index in [0.717, 1.165) is 49.4 Å². The first kappa shape index (κ1) is 36.2. The molecule has 0 radical (unpaired) electrons. The monoisotopic (exact) mass is 698 g/mol. The lowest BCUT2D eigenvalue weighted by Gasteiger charge is -2.31. The summed E-state index contributed by atoms with van der Waals surface area (Å²) in [5.74, 6) is -9.15. The molecule has 49 heavy (non-hydrogen) atoms. The van der Waals surface area contributed by atoms with Gasteiger partial charge in [-0.3, -0.25) is 0 Å². The molecule has 0 heterocycles. The lowest BCUT2D eigenvalue weighted by molar-refractivity contribution is -0.280. The number of benzene rings is 4. The molecule has 0 bridgehead atoms. The fraction of sp³-hybridized carbons (Fsp3) is 0.351. The molecule has 0 amide bonds. The second-order valence-corrected chi connectivity index (χ2v) is 12.1. The van der Waals surface area contributed by atoms with Crippen molar-refractivity contribution in [1.82, 2.24) is 0 Å². The van der Waals surface area contributed by atoms with Gasteiger partial charge in [0, 0.05) is 5.56 Å². The van der Waals surface area contributed by atoms with Gasteiger partial charge in [-0.05, 0) is 103 Å². The Morgan fingerprint density at radius 2 is 1.22 bits per heavy atom. The Hall–Kier alpha value is -4.06. The predicted molar refractivity (Wildman–Crippen MR) is 163 cm³/mol. The van der Waals surface area contributed by atoms with Crippen LogP contribution in [-0.2, 0) is 17.3 Å². The van der Waals surface area contributed by atoms with E-state index in [-0.39, 0.29) is 48.3 Å². The summed E-state index contributed by atoms with van der Waals surface area (Å²) in [6, 6.07) is 13.5. The molecule has 12 heteroatoms. The molecular formula is C37H32F10O2. The molecule has 1 aliphatic carbocycles. The molecule has 4 aromatic rings. The van der Waals surface area contributed by atoms with Gasteiger partial charge in [-0.15, -0.1) is 13.2 Å². The van der Waals surface area contributed by atoms with Crippen LogP contribution in [0.4, 0.5) is 43.9 Å². The average molecular weight is 699 g/mol. The van der Waals surface area contributed by atoms with E-state index in [9.17, 15) is 22.0 Å². The number of alkyl halides is 5. The van der Waals surface area contributed by atoms with Gasteiger partial charge in [0.15, 0.2) is 11.6 Å². The van der Waals surface area contributed by atoms with Crippen LogP contribution in [0.15, 0.2) is 66.7 Å². The van der Waals surface area contributed by atoms with Gasteiger partial charge in [0.05, 0.1) is 6.10 Å². The largest absolute Gasteiger partial charge is 0.573 e. The average Bonchev–Trinajstić information content (AvgIpc) is 3.02. The second-order valence-electron chi connectivity index (χ2n) is 12.1. The number of hydrogen-bond acceptors (Lipinski definition) is 2. The van der Waals surface area contributed by atoms with E-state index >= 15 is 22.0 Å². The van der Waals surface area contributed by atoms with E-state index in [2.05, 4.69) is 11.7 Å². The number of rotatable bonds is 11. The highest BCUT2D eigenvalue weighted by Gasteiger charge is 2.43. The highest BCUT2D eigenvalue weighted by atomic mass is 19.4. The lowest BCUT2D eigenvalue weighted by Crippen LogP contribution is -2.31. The van der Waals surface area contributed by atoms with Gasteiger partial charge in [0.25, 0.3) is 0 Å². The third-order valence-corrected chi connectivity index (χ3v) is 8.67. The van der Waals surface area contributed by atoms with E-state index < -0.39 is 59.0 Å². The Bertz CT molecular complexity index is 1710. The van der Waals surface area contributed by atoms with E-state index in [1.807, 2.05) is 12.1 Å². The van der Waals surface area contributed by atoms with Crippen LogP contribution in [0, 0.1) is 29.1 Å². The van der Waals surface area contributed by atoms with Crippen LogP contribution in [0.5, 0.6) is 5.75 Å². The van der Waals surface area contributed by atoms with Crippen LogP contribution in [0.2, 0.25) is 0 Å². The van der Waals surface area contributed by atoms with Gasteiger partial charge < -0.3 is 9.47 Å². The Kier molecular flexibility index (Phi) is 11.0. The summed E-state index contributed by atoms with van der Waals surface area (Å²) < 4.78 is 149. The Balaban J connectivity index is 1.22. The van der Waals surface area contributed by atoms with E-state index in [4.69, 9.17) is 4.74 Å². The van der Waals surface area contributed by atoms with Crippen molar-refractivity contribution in [3.8, 4) is 28.0 Å². The SMILES string of the molecule is CCCCCc1ccc(-c2cc(F)c(C(F)(F)OC3CCC(c4ccc(-c5cc(F)c(OC(F)(F)F)c(F)c5)c(F)c4)CC3)c(F)c2)cc1.